The van der Waals surface area contributed by atoms with Gasteiger partial charge in [0.05, 0.1) is 11.6 Å². The minimum atomic E-state index is -3.61. The van der Waals surface area contributed by atoms with Crippen molar-refractivity contribution < 1.29 is 13.2 Å². The van der Waals surface area contributed by atoms with Gasteiger partial charge < -0.3 is 4.74 Å². The van der Waals surface area contributed by atoms with Crippen LogP contribution in [0.15, 0.2) is 23.1 Å². The average molecular weight is 312 g/mol. The van der Waals surface area contributed by atoms with E-state index in [-0.39, 0.29) is 22.3 Å². The molecule has 0 spiro atoms. The molecule has 0 saturated carbocycles. The maximum atomic E-state index is 12.3. The number of ether oxygens (including phenoxy) is 1. The van der Waals surface area contributed by atoms with Crippen LogP contribution in [0, 0.1) is 0 Å². The Morgan fingerprint density at radius 1 is 1.39 bits per heavy atom. The van der Waals surface area contributed by atoms with Crippen molar-refractivity contribution in [3.8, 4) is 0 Å². The summed E-state index contributed by atoms with van der Waals surface area (Å²) in [5, 5.41) is 0.188. The quantitative estimate of drug-likeness (QED) is 0.758. The van der Waals surface area contributed by atoms with Gasteiger partial charge in [-0.15, -0.1) is 11.6 Å². The van der Waals surface area contributed by atoms with Crippen LogP contribution in [0.1, 0.15) is 5.56 Å². The molecule has 0 N–H and O–H groups in total. The van der Waals surface area contributed by atoms with Gasteiger partial charge in [-0.2, -0.15) is 4.31 Å². The number of benzene rings is 1. The van der Waals surface area contributed by atoms with Gasteiger partial charge in [0.15, 0.2) is 0 Å². The third kappa shape index (κ3) is 3.59. The minimum Gasteiger partial charge on any atom is -0.383 e. The summed E-state index contributed by atoms with van der Waals surface area (Å²) in [5.74, 6) is 0.238. The minimum absolute atomic E-state index is 0.0703. The lowest BCUT2D eigenvalue weighted by atomic mass is 10.2. The molecule has 7 heteroatoms. The Hall–Kier alpha value is -0.330. The molecule has 0 aliphatic heterocycles. The van der Waals surface area contributed by atoms with Crippen molar-refractivity contribution in [2.75, 3.05) is 27.3 Å². The standard InChI is InChI=1S/C11H15Cl2NO3S/c1-14(5-6-17-2)18(15,16)11-7-9(8-12)3-4-10(11)13/h3-4,7H,5-6,8H2,1-2H3. The molecule has 0 heterocycles. The van der Waals surface area contributed by atoms with E-state index < -0.39 is 10.0 Å². The zero-order chi connectivity index (χ0) is 13.8. The van der Waals surface area contributed by atoms with E-state index in [2.05, 4.69) is 0 Å². The summed E-state index contributed by atoms with van der Waals surface area (Å²) < 4.78 is 30.6. The highest BCUT2D eigenvalue weighted by Gasteiger charge is 2.23. The van der Waals surface area contributed by atoms with Crippen LogP contribution in [0.2, 0.25) is 5.02 Å². The Morgan fingerprint density at radius 2 is 2.06 bits per heavy atom. The summed E-state index contributed by atoms with van der Waals surface area (Å²) in [6, 6.07) is 4.73. The first kappa shape index (κ1) is 15.7. The molecule has 0 amide bonds. The van der Waals surface area contributed by atoms with Crippen LogP contribution in [0.25, 0.3) is 0 Å². The highest BCUT2D eigenvalue weighted by atomic mass is 35.5. The highest BCUT2D eigenvalue weighted by Crippen LogP contribution is 2.25. The van der Waals surface area contributed by atoms with Gasteiger partial charge in [0.25, 0.3) is 0 Å². The van der Waals surface area contributed by atoms with Gasteiger partial charge in [-0.1, -0.05) is 17.7 Å². The lowest BCUT2D eigenvalue weighted by Gasteiger charge is -2.17. The maximum Gasteiger partial charge on any atom is 0.244 e. The number of rotatable bonds is 6. The summed E-state index contributed by atoms with van der Waals surface area (Å²) >= 11 is 11.6. The fraction of sp³-hybridized carbons (Fsp3) is 0.455. The lowest BCUT2D eigenvalue weighted by Crippen LogP contribution is -2.30. The van der Waals surface area contributed by atoms with Crippen molar-refractivity contribution in [1.82, 2.24) is 4.31 Å². The van der Waals surface area contributed by atoms with Crippen molar-refractivity contribution in [1.29, 1.82) is 0 Å². The van der Waals surface area contributed by atoms with Crippen molar-refractivity contribution >= 4 is 33.2 Å². The van der Waals surface area contributed by atoms with Crippen LogP contribution >= 0.6 is 23.2 Å². The number of sulfonamides is 1. The molecule has 1 aromatic rings. The molecule has 0 radical (unpaired) electrons. The number of hydrogen-bond acceptors (Lipinski definition) is 3. The average Bonchev–Trinajstić information content (AvgIpc) is 2.36. The van der Waals surface area contributed by atoms with E-state index in [9.17, 15) is 8.42 Å². The maximum absolute atomic E-state index is 12.3. The molecule has 0 saturated heterocycles. The first-order chi connectivity index (χ1) is 8.43. The second kappa shape index (κ2) is 6.73. The van der Waals surface area contributed by atoms with E-state index in [0.29, 0.717) is 12.2 Å². The van der Waals surface area contributed by atoms with Crippen molar-refractivity contribution in [2.24, 2.45) is 0 Å². The van der Waals surface area contributed by atoms with E-state index in [0.717, 1.165) is 0 Å². The summed E-state index contributed by atoms with van der Waals surface area (Å²) in [6.07, 6.45) is 0. The monoisotopic (exact) mass is 311 g/mol. The van der Waals surface area contributed by atoms with E-state index >= 15 is 0 Å². The number of alkyl halides is 1. The van der Waals surface area contributed by atoms with Gasteiger partial charge >= 0.3 is 0 Å². The zero-order valence-electron chi connectivity index (χ0n) is 10.2. The zero-order valence-corrected chi connectivity index (χ0v) is 12.5. The Bertz CT molecular complexity index is 505. The number of methoxy groups -OCH3 is 1. The molecular weight excluding hydrogens is 297 g/mol. The third-order valence-corrected chi connectivity index (χ3v) is 5.10. The largest absolute Gasteiger partial charge is 0.383 e. The number of nitrogens with zero attached hydrogens (tertiary/aromatic N) is 1. The predicted octanol–water partition coefficient (Wildman–Crippen LogP) is 2.35. The Balaban J connectivity index is 3.11. The molecule has 0 atom stereocenters. The Morgan fingerprint density at radius 3 is 2.61 bits per heavy atom. The molecule has 0 unspecified atom stereocenters. The molecular formula is C11H15Cl2NO3S. The second-order valence-corrected chi connectivity index (χ2v) is 6.41. The summed E-state index contributed by atoms with van der Waals surface area (Å²) in [5.41, 5.74) is 0.708. The van der Waals surface area contributed by atoms with Gasteiger partial charge in [0.1, 0.15) is 4.90 Å². The van der Waals surface area contributed by atoms with Gasteiger partial charge in [0, 0.05) is 26.6 Å². The van der Waals surface area contributed by atoms with E-state index in [4.69, 9.17) is 27.9 Å². The van der Waals surface area contributed by atoms with Gasteiger partial charge in [-0.05, 0) is 17.7 Å². The Labute approximate surface area is 117 Å². The van der Waals surface area contributed by atoms with Crippen molar-refractivity contribution in [2.45, 2.75) is 10.8 Å². The van der Waals surface area contributed by atoms with Gasteiger partial charge in [0.2, 0.25) is 10.0 Å². The molecule has 1 rings (SSSR count). The molecule has 1 aromatic carbocycles. The normalized spacial score (nSPS) is 12.1. The van der Waals surface area contributed by atoms with E-state index in [1.165, 1.54) is 30.6 Å². The van der Waals surface area contributed by atoms with E-state index in [1.807, 2.05) is 0 Å². The summed E-state index contributed by atoms with van der Waals surface area (Å²) in [6.45, 7) is 0.586. The molecule has 102 valence electrons. The fourth-order valence-corrected chi connectivity index (χ4v) is 3.18. The van der Waals surface area contributed by atoms with E-state index in [1.54, 1.807) is 6.07 Å². The van der Waals surface area contributed by atoms with Crippen LogP contribution in [0.5, 0.6) is 0 Å². The lowest BCUT2D eigenvalue weighted by molar-refractivity contribution is 0.185. The molecule has 0 aliphatic rings. The van der Waals surface area contributed by atoms with Crippen LogP contribution in [-0.2, 0) is 20.6 Å². The van der Waals surface area contributed by atoms with Crippen LogP contribution in [-0.4, -0.2) is 40.0 Å². The third-order valence-electron chi connectivity index (χ3n) is 2.45. The molecule has 0 fully saturated rings. The Kier molecular flexibility index (Phi) is 5.88. The topological polar surface area (TPSA) is 46.6 Å². The molecule has 0 bridgehead atoms. The van der Waals surface area contributed by atoms with Crippen LogP contribution in [0.4, 0.5) is 0 Å². The SMILES string of the molecule is COCCN(C)S(=O)(=O)c1cc(CCl)ccc1Cl. The van der Waals surface area contributed by atoms with Crippen molar-refractivity contribution in [3.63, 3.8) is 0 Å². The molecule has 18 heavy (non-hydrogen) atoms. The van der Waals surface area contributed by atoms with Crippen LogP contribution < -0.4 is 0 Å². The first-order valence-electron chi connectivity index (χ1n) is 5.23. The summed E-state index contributed by atoms with van der Waals surface area (Å²) in [4.78, 5) is 0.0703. The van der Waals surface area contributed by atoms with Crippen molar-refractivity contribution in [3.05, 3.63) is 28.8 Å². The molecule has 0 aromatic heterocycles. The molecule has 4 nitrogen and oxygen atoms in total. The number of halogens is 2. The van der Waals surface area contributed by atoms with Gasteiger partial charge in [-0.25, -0.2) is 8.42 Å². The first-order valence-corrected chi connectivity index (χ1v) is 7.58. The highest BCUT2D eigenvalue weighted by molar-refractivity contribution is 7.89. The second-order valence-electron chi connectivity index (χ2n) is 3.72. The van der Waals surface area contributed by atoms with Gasteiger partial charge in [-0.3, -0.25) is 0 Å². The fourth-order valence-electron chi connectivity index (χ4n) is 1.34. The number of hydrogen-bond donors (Lipinski definition) is 0. The smallest absolute Gasteiger partial charge is 0.244 e. The number of likely N-dealkylation sites (N-methyl/N-ethyl adjacent to an activating group) is 1. The summed E-state index contributed by atoms with van der Waals surface area (Å²) in [7, 11) is -0.612. The molecule has 0 aliphatic carbocycles. The predicted molar refractivity (Wildman–Crippen MR) is 72.7 cm³/mol. The van der Waals surface area contributed by atoms with Crippen LogP contribution in [0.3, 0.4) is 0 Å².